The van der Waals surface area contributed by atoms with Crippen molar-refractivity contribution in [1.82, 2.24) is 10.2 Å². The first-order chi connectivity index (χ1) is 14.0. The van der Waals surface area contributed by atoms with Crippen LogP contribution < -0.4 is 10.3 Å². The molecule has 29 heavy (non-hydrogen) atoms. The molecule has 0 saturated heterocycles. The Bertz CT molecular complexity index is 1350. The Hall–Kier alpha value is -2.74. The normalized spacial score (nSPS) is 15.9. The molecule has 0 radical (unpaired) electrons. The molecule has 5 rings (SSSR count). The Morgan fingerprint density at radius 1 is 1.10 bits per heavy atom. The number of anilines is 1. The maximum atomic E-state index is 13.4. The van der Waals surface area contributed by atoms with Crippen LogP contribution in [0.3, 0.4) is 0 Å². The first kappa shape index (κ1) is 18.3. The van der Waals surface area contributed by atoms with Crippen molar-refractivity contribution in [2.45, 2.75) is 13.0 Å². The zero-order chi connectivity index (χ0) is 20.3. The van der Waals surface area contributed by atoms with Crippen molar-refractivity contribution in [3.8, 4) is 0 Å². The number of carbonyl (C=O) groups excluding carboxylic acids is 1. The smallest absolute Gasteiger partial charge is 0.297 e. The van der Waals surface area contributed by atoms with Crippen LogP contribution in [0.1, 0.15) is 33.3 Å². The molecule has 0 unspecified atom stereocenters. The van der Waals surface area contributed by atoms with Gasteiger partial charge in [-0.25, -0.2) is 0 Å². The van der Waals surface area contributed by atoms with Crippen LogP contribution in [-0.4, -0.2) is 16.1 Å². The summed E-state index contributed by atoms with van der Waals surface area (Å²) < 4.78 is 5.89. The Morgan fingerprint density at radius 3 is 2.66 bits per heavy atom. The summed E-state index contributed by atoms with van der Waals surface area (Å²) in [6.45, 7) is 1.89. The monoisotopic (exact) mass is 443 g/mol. The number of aromatic nitrogens is 2. The van der Waals surface area contributed by atoms with E-state index < -0.39 is 11.9 Å². The number of amides is 1. The summed E-state index contributed by atoms with van der Waals surface area (Å²) in [7, 11) is 0. The summed E-state index contributed by atoms with van der Waals surface area (Å²) >= 11 is 13.5. The molecule has 4 aromatic rings. The summed E-state index contributed by atoms with van der Waals surface area (Å²) in [5, 5.41) is 9.34. The minimum Gasteiger partial charge on any atom is -0.450 e. The standard InChI is InChI=1S/C20H11Cl2N3O3S/c1-9-2-5-14-11(6-9)17(26)15-16(10-3-4-12(21)13(22)7-10)25(19(27)18(15)28-14)20-24-23-8-29-20/h2-8,16H,1H3/t16-/m1/s1. The Labute approximate surface area is 178 Å². The number of halogens is 2. The fraction of sp³-hybridized carbons (Fsp3) is 0.100. The highest BCUT2D eigenvalue weighted by molar-refractivity contribution is 7.13. The number of nitrogens with zero attached hydrogens (tertiary/aromatic N) is 3. The number of benzene rings is 2. The molecule has 3 heterocycles. The summed E-state index contributed by atoms with van der Waals surface area (Å²) in [5.74, 6) is -0.454. The minimum atomic E-state index is -0.749. The van der Waals surface area contributed by atoms with Crippen LogP contribution in [0.25, 0.3) is 11.0 Å². The highest BCUT2D eigenvalue weighted by atomic mass is 35.5. The maximum Gasteiger partial charge on any atom is 0.297 e. The molecule has 144 valence electrons. The van der Waals surface area contributed by atoms with E-state index >= 15 is 0 Å². The predicted molar refractivity (Wildman–Crippen MR) is 112 cm³/mol. The van der Waals surface area contributed by atoms with Crippen molar-refractivity contribution in [2.75, 3.05) is 4.90 Å². The van der Waals surface area contributed by atoms with E-state index in [1.54, 1.807) is 30.3 Å². The lowest BCUT2D eigenvalue weighted by Crippen LogP contribution is -2.29. The fourth-order valence-corrected chi connectivity index (χ4v) is 4.45. The third kappa shape index (κ3) is 2.77. The number of aryl methyl sites for hydroxylation is 1. The van der Waals surface area contributed by atoms with Crippen LogP contribution in [-0.2, 0) is 0 Å². The van der Waals surface area contributed by atoms with E-state index in [-0.39, 0.29) is 16.8 Å². The van der Waals surface area contributed by atoms with Crippen LogP contribution in [0.5, 0.6) is 0 Å². The first-order valence-electron chi connectivity index (χ1n) is 8.57. The SMILES string of the molecule is Cc1ccc2oc3c(c(=O)c2c1)[C@@H](c1ccc(Cl)c(Cl)c1)N(c1nncs1)C3=O. The molecule has 9 heteroatoms. The lowest BCUT2D eigenvalue weighted by Gasteiger charge is -2.22. The third-order valence-corrected chi connectivity index (χ3v) is 6.27. The van der Waals surface area contributed by atoms with Gasteiger partial charge in [0, 0.05) is 0 Å². The predicted octanol–water partition coefficient (Wildman–Crippen LogP) is 5.01. The highest BCUT2D eigenvalue weighted by Gasteiger charge is 2.45. The van der Waals surface area contributed by atoms with Gasteiger partial charge in [0.15, 0.2) is 5.43 Å². The molecule has 1 amide bonds. The highest BCUT2D eigenvalue weighted by Crippen LogP contribution is 2.42. The van der Waals surface area contributed by atoms with Gasteiger partial charge in [-0.3, -0.25) is 14.5 Å². The molecule has 2 aromatic heterocycles. The minimum absolute atomic E-state index is 0.00220. The van der Waals surface area contributed by atoms with E-state index in [1.165, 1.54) is 21.7 Å². The molecule has 0 aliphatic carbocycles. The molecular weight excluding hydrogens is 433 g/mol. The van der Waals surface area contributed by atoms with Gasteiger partial charge in [0.05, 0.1) is 27.0 Å². The largest absolute Gasteiger partial charge is 0.450 e. The van der Waals surface area contributed by atoms with Gasteiger partial charge in [0.2, 0.25) is 10.9 Å². The van der Waals surface area contributed by atoms with Gasteiger partial charge in [0.1, 0.15) is 11.1 Å². The molecule has 6 nitrogen and oxygen atoms in total. The zero-order valence-corrected chi connectivity index (χ0v) is 17.2. The second-order valence-electron chi connectivity index (χ2n) is 6.65. The summed E-state index contributed by atoms with van der Waals surface area (Å²) in [4.78, 5) is 28.1. The van der Waals surface area contributed by atoms with Gasteiger partial charge in [-0.15, -0.1) is 10.2 Å². The summed E-state index contributed by atoms with van der Waals surface area (Å²) in [6, 6.07) is 9.54. The number of carbonyl (C=O) groups is 1. The number of fused-ring (bicyclic) bond motifs is 2. The topological polar surface area (TPSA) is 76.3 Å². The summed E-state index contributed by atoms with van der Waals surface area (Å²) in [5.41, 5.74) is 3.41. The molecule has 0 saturated carbocycles. The van der Waals surface area contributed by atoms with E-state index in [9.17, 15) is 9.59 Å². The van der Waals surface area contributed by atoms with Crippen molar-refractivity contribution in [3.05, 3.63) is 84.6 Å². The molecule has 2 aromatic carbocycles. The quantitative estimate of drug-likeness (QED) is 0.435. The van der Waals surface area contributed by atoms with E-state index in [0.717, 1.165) is 5.56 Å². The average Bonchev–Trinajstić information content (AvgIpc) is 3.32. The van der Waals surface area contributed by atoms with Gasteiger partial charge in [0.25, 0.3) is 5.91 Å². The van der Waals surface area contributed by atoms with Crippen molar-refractivity contribution in [2.24, 2.45) is 0 Å². The molecule has 1 aliphatic rings. The van der Waals surface area contributed by atoms with Gasteiger partial charge in [-0.2, -0.15) is 0 Å². The van der Waals surface area contributed by atoms with Crippen LogP contribution in [0.4, 0.5) is 5.13 Å². The zero-order valence-electron chi connectivity index (χ0n) is 14.8. The lowest BCUT2D eigenvalue weighted by molar-refractivity contribution is 0.0970. The van der Waals surface area contributed by atoms with Gasteiger partial charge < -0.3 is 4.42 Å². The van der Waals surface area contributed by atoms with Gasteiger partial charge in [-0.1, -0.05) is 52.2 Å². The number of rotatable bonds is 2. The molecule has 0 spiro atoms. The molecule has 1 atom stereocenters. The molecular formula is C20H11Cl2N3O3S. The van der Waals surface area contributed by atoms with E-state index in [2.05, 4.69) is 10.2 Å². The van der Waals surface area contributed by atoms with Crippen LogP contribution >= 0.6 is 34.5 Å². The maximum absolute atomic E-state index is 13.4. The second kappa shape index (κ2) is 6.66. The van der Waals surface area contributed by atoms with Crippen LogP contribution in [0.15, 0.2) is 51.1 Å². The molecule has 0 bridgehead atoms. The number of hydrogen-bond donors (Lipinski definition) is 0. The fourth-order valence-electron chi connectivity index (χ4n) is 3.55. The van der Waals surface area contributed by atoms with Crippen LogP contribution in [0.2, 0.25) is 10.0 Å². The van der Waals surface area contributed by atoms with E-state index in [1.807, 2.05) is 13.0 Å². The van der Waals surface area contributed by atoms with Crippen LogP contribution in [0, 0.1) is 6.92 Å². The Balaban J connectivity index is 1.84. The van der Waals surface area contributed by atoms with Crippen molar-refractivity contribution < 1.29 is 9.21 Å². The van der Waals surface area contributed by atoms with E-state index in [4.69, 9.17) is 27.6 Å². The van der Waals surface area contributed by atoms with Gasteiger partial charge in [-0.05, 0) is 36.8 Å². The molecule has 0 N–H and O–H groups in total. The van der Waals surface area contributed by atoms with Gasteiger partial charge >= 0.3 is 0 Å². The molecule has 0 fully saturated rings. The van der Waals surface area contributed by atoms with Crippen molar-refractivity contribution >= 4 is 56.5 Å². The average molecular weight is 444 g/mol. The summed E-state index contributed by atoms with van der Waals surface area (Å²) in [6.07, 6.45) is 0. The van der Waals surface area contributed by atoms with E-state index in [0.29, 0.717) is 31.7 Å². The molecule has 1 aliphatic heterocycles. The third-order valence-electron chi connectivity index (χ3n) is 4.84. The van der Waals surface area contributed by atoms with Crippen molar-refractivity contribution in [1.29, 1.82) is 0 Å². The lowest BCUT2D eigenvalue weighted by atomic mass is 9.98. The Morgan fingerprint density at radius 2 is 1.93 bits per heavy atom. The number of hydrogen-bond acceptors (Lipinski definition) is 6. The first-order valence-corrected chi connectivity index (χ1v) is 10.2. The Kier molecular flexibility index (Phi) is 4.20. The van der Waals surface area contributed by atoms with Crippen molar-refractivity contribution in [3.63, 3.8) is 0 Å². The second-order valence-corrected chi connectivity index (χ2v) is 8.27.